The molecule has 0 amide bonds. The minimum atomic E-state index is 0.118. The van der Waals surface area contributed by atoms with E-state index in [9.17, 15) is 0 Å². The molecule has 2 aliphatic rings. The highest BCUT2D eigenvalue weighted by Crippen LogP contribution is 2.46. The Morgan fingerprint density at radius 1 is 0.769 bits per heavy atom. The Bertz CT molecular complexity index is 1230. The largest absolute Gasteiger partial charge is 0.484 e. The fourth-order valence-corrected chi connectivity index (χ4v) is 4.31. The van der Waals surface area contributed by atoms with Crippen molar-refractivity contribution in [1.29, 1.82) is 0 Å². The van der Waals surface area contributed by atoms with E-state index in [0.717, 1.165) is 5.75 Å². The first kappa shape index (κ1) is 14.0. The topological polar surface area (TPSA) is 25.0 Å². The van der Waals surface area contributed by atoms with Gasteiger partial charge in [-0.15, -0.1) is 0 Å². The van der Waals surface area contributed by atoms with Gasteiger partial charge in [0.05, 0.1) is 0 Å². The standard InChI is InChI=1S/C24H17NO/c1-3-10-21-17(6-1)20-14-15(12-13-22(20)25-21)16-8-5-9-19-18-7-2-4-11-23(18)26-24(16)19/h1-14,18,23,25H. The summed E-state index contributed by atoms with van der Waals surface area (Å²) in [5, 5.41) is 2.52. The summed E-state index contributed by atoms with van der Waals surface area (Å²) >= 11 is 0. The summed E-state index contributed by atoms with van der Waals surface area (Å²) in [6.07, 6.45) is 8.70. The van der Waals surface area contributed by atoms with E-state index >= 15 is 0 Å². The minimum Gasteiger partial charge on any atom is -0.484 e. The molecule has 6 rings (SSSR count). The average Bonchev–Trinajstić information content (AvgIpc) is 3.25. The van der Waals surface area contributed by atoms with Crippen molar-refractivity contribution < 1.29 is 4.74 Å². The fourth-order valence-electron chi connectivity index (χ4n) is 4.31. The molecule has 1 N–H and O–H groups in total. The molecule has 4 aromatic rings. The Hall–Kier alpha value is -3.26. The van der Waals surface area contributed by atoms with Crippen molar-refractivity contribution in [2.75, 3.05) is 0 Å². The van der Waals surface area contributed by atoms with Gasteiger partial charge in [-0.3, -0.25) is 0 Å². The second-order valence-corrected chi connectivity index (χ2v) is 7.03. The Morgan fingerprint density at radius 3 is 2.65 bits per heavy atom. The number of fused-ring (bicyclic) bond motifs is 6. The molecule has 2 heterocycles. The van der Waals surface area contributed by atoms with Crippen LogP contribution < -0.4 is 4.74 Å². The van der Waals surface area contributed by atoms with Crippen LogP contribution in [0.15, 0.2) is 85.0 Å². The van der Waals surface area contributed by atoms with Gasteiger partial charge in [0.15, 0.2) is 0 Å². The first-order valence-electron chi connectivity index (χ1n) is 9.04. The highest BCUT2D eigenvalue weighted by Gasteiger charge is 2.33. The fraction of sp³-hybridized carbons (Fsp3) is 0.0833. The van der Waals surface area contributed by atoms with E-state index in [2.05, 4.69) is 90.0 Å². The zero-order chi connectivity index (χ0) is 17.1. The molecule has 0 saturated carbocycles. The number of ether oxygens (including phenoxy) is 1. The summed E-state index contributed by atoms with van der Waals surface area (Å²) in [5.74, 6) is 1.35. The van der Waals surface area contributed by atoms with Gasteiger partial charge in [-0.05, 0) is 29.8 Å². The van der Waals surface area contributed by atoms with Gasteiger partial charge in [0.2, 0.25) is 0 Å². The normalized spacial score (nSPS) is 20.3. The molecular weight excluding hydrogens is 318 g/mol. The summed E-state index contributed by atoms with van der Waals surface area (Å²) < 4.78 is 6.33. The number of nitrogens with one attached hydrogen (secondary N) is 1. The molecular formula is C24H17NO. The molecule has 2 nitrogen and oxygen atoms in total. The van der Waals surface area contributed by atoms with Crippen LogP contribution in [-0.4, -0.2) is 11.1 Å². The van der Waals surface area contributed by atoms with Crippen LogP contribution in [0.1, 0.15) is 11.5 Å². The van der Waals surface area contributed by atoms with Crippen molar-refractivity contribution in [2.24, 2.45) is 0 Å². The molecule has 2 atom stereocenters. The third-order valence-corrected chi connectivity index (χ3v) is 5.56. The van der Waals surface area contributed by atoms with Crippen molar-refractivity contribution in [1.82, 2.24) is 4.98 Å². The average molecular weight is 335 g/mol. The highest BCUT2D eigenvalue weighted by molar-refractivity contribution is 6.08. The second-order valence-electron chi connectivity index (χ2n) is 7.03. The number of aromatic amines is 1. The van der Waals surface area contributed by atoms with Gasteiger partial charge in [0.1, 0.15) is 11.9 Å². The van der Waals surface area contributed by atoms with Gasteiger partial charge in [-0.2, -0.15) is 0 Å². The molecule has 3 aromatic carbocycles. The highest BCUT2D eigenvalue weighted by atomic mass is 16.5. The Morgan fingerprint density at radius 2 is 1.65 bits per heavy atom. The lowest BCUT2D eigenvalue weighted by molar-refractivity contribution is 0.270. The third-order valence-electron chi connectivity index (χ3n) is 5.56. The Labute approximate surface area is 151 Å². The van der Waals surface area contributed by atoms with E-state index in [1.54, 1.807) is 0 Å². The lowest BCUT2D eigenvalue weighted by Gasteiger charge is -2.14. The Kier molecular flexibility index (Phi) is 2.75. The molecule has 2 heteroatoms. The lowest BCUT2D eigenvalue weighted by Crippen LogP contribution is -2.15. The van der Waals surface area contributed by atoms with Gasteiger partial charge >= 0.3 is 0 Å². The van der Waals surface area contributed by atoms with Gasteiger partial charge in [-0.25, -0.2) is 0 Å². The summed E-state index contributed by atoms with van der Waals surface area (Å²) in [7, 11) is 0. The molecule has 1 aliphatic heterocycles. The maximum atomic E-state index is 6.33. The number of allylic oxidation sites excluding steroid dienone is 2. The molecule has 0 radical (unpaired) electrons. The van der Waals surface area contributed by atoms with Gasteiger partial charge in [-0.1, -0.05) is 60.7 Å². The maximum Gasteiger partial charge on any atom is 0.132 e. The monoisotopic (exact) mass is 335 g/mol. The third kappa shape index (κ3) is 1.87. The van der Waals surface area contributed by atoms with E-state index in [4.69, 9.17) is 4.74 Å². The molecule has 1 aliphatic carbocycles. The van der Waals surface area contributed by atoms with Crippen LogP contribution in [0.5, 0.6) is 5.75 Å². The molecule has 26 heavy (non-hydrogen) atoms. The van der Waals surface area contributed by atoms with Crippen LogP contribution >= 0.6 is 0 Å². The van der Waals surface area contributed by atoms with Crippen molar-refractivity contribution >= 4 is 21.8 Å². The van der Waals surface area contributed by atoms with Crippen LogP contribution in [-0.2, 0) is 0 Å². The maximum absolute atomic E-state index is 6.33. The smallest absolute Gasteiger partial charge is 0.132 e. The summed E-state index contributed by atoms with van der Waals surface area (Å²) in [5.41, 5.74) is 6.00. The van der Waals surface area contributed by atoms with Gasteiger partial charge < -0.3 is 9.72 Å². The molecule has 124 valence electrons. The van der Waals surface area contributed by atoms with Crippen molar-refractivity contribution in [3.8, 4) is 16.9 Å². The Balaban J connectivity index is 1.56. The van der Waals surface area contributed by atoms with E-state index in [1.165, 1.54) is 38.5 Å². The predicted octanol–water partition coefficient (Wildman–Crippen LogP) is 5.96. The van der Waals surface area contributed by atoms with E-state index in [0.29, 0.717) is 5.92 Å². The number of para-hydroxylation sites is 2. The zero-order valence-corrected chi connectivity index (χ0v) is 14.1. The number of H-pyrrole nitrogens is 1. The van der Waals surface area contributed by atoms with Gasteiger partial charge in [0.25, 0.3) is 0 Å². The van der Waals surface area contributed by atoms with Crippen molar-refractivity contribution in [3.05, 3.63) is 90.5 Å². The molecule has 0 bridgehead atoms. The molecule has 0 fully saturated rings. The molecule has 1 aromatic heterocycles. The van der Waals surface area contributed by atoms with Crippen LogP contribution in [0.2, 0.25) is 0 Å². The first-order chi connectivity index (χ1) is 12.9. The molecule has 0 spiro atoms. The van der Waals surface area contributed by atoms with Crippen LogP contribution in [0.25, 0.3) is 32.9 Å². The number of hydrogen-bond donors (Lipinski definition) is 1. The molecule has 0 saturated heterocycles. The summed E-state index contributed by atoms with van der Waals surface area (Å²) in [6.45, 7) is 0. The molecule has 2 unspecified atom stereocenters. The minimum absolute atomic E-state index is 0.118. The lowest BCUT2D eigenvalue weighted by atomic mass is 9.90. The zero-order valence-electron chi connectivity index (χ0n) is 14.1. The summed E-state index contributed by atoms with van der Waals surface area (Å²) in [6, 6.07) is 21.6. The van der Waals surface area contributed by atoms with Gasteiger partial charge in [0, 0.05) is 38.9 Å². The second kappa shape index (κ2) is 5.12. The number of aromatic nitrogens is 1. The van der Waals surface area contributed by atoms with Crippen molar-refractivity contribution in [3.63, 3.8) is 0 Å². The van der Waals surface area contributed by atoms with Crippen molar-refractivity contribution in [2.45, 2.75) is 12.0 Å². The number of rotatable bonds is 1. The first-order valence-corrected chi connectivity index (χ1v) is 9.04. The summed E-state index contributed by atoms with van der Waals surface area (Å²) in [4.78, 5) is 3.50. The van der Waals surface area contributed by atoms with E-state index in [1.807, 2.05) is 0 Å². The SMILES string of the molecule is C1=CC2Oc3c(-c4ccc5[nH]c6ccccc6c5c4)cccc3C2C=C1. The number of benzene rings is 3. The van der Waals surface area contributed by atoms with Crippen LogP contribution in [0.4, 0.5) is 0 Å². The van der Waals surface area contributed by atoms with Crippen LogP contribution in [0.3, 0.4) is 0 Å². The quantitative estimate of drug-likeness (QED) is 0.456. The van der Waals surface area contributed by atoms with E-state index in [-0.39, 0.29) is 6.10 Å². The number of hydrogen-bond acceptors (Lipinski definition) is 1. The van der Waals surface area contributed by atoms with E-state index < -0.39 is 0 Å². The van der Waals surface area contributed by atoms with Crippen LogP contribution in [0, 0.1) is 0 Å². The predicted molar refractivity (Wildman–Crippen MR) is 107 cm³/mol.